The van der Waals surface area contributed by atoms with E-state index in [0.29, 0.717) is 28.5 Å². The van der Waals surface area contributed by atoms with Crippen molar-refractivity contribution in [3.05, 3.63) is 37.6 Å². The van der Waals surface area contributed by atoms with Crippen molar-refractivity contribution in [1.82, 2.24) is 9.88 Å². The molecule has 1 N–H and O–H groups in total. The van der Waals surface area contributed by atoms with Gasteiger partial charge in [0, 0.05) is 5.39 Å². The molecule has 2 heterocycles. The first-order chi connectivity index (χ1) is 12.6. The zero-order chi connectivity index (χ0) is 20.1. The molecule has 3 rings (SSSR count). The number of aromatic nitrogens is 1. The third-order valence-electron chi connectivity index (χ3n) is 4.24. The van der Waals surface area contributed by atoms with Gasteiger partial charge in [-0.25, -0.2) is 4.79 Å². The molecule has 144 valence electrons. The van der Waals surface area contributed by atoms with E-state index in [1.807, 2.05) is 0 Å². The molecular weight excluding hydrogens is 395 g/mol. The molecule has 1 atom stereocenters. The lowest BCUT2D eigenvalue weighted by Gasteiger charge is -2.26. The summed E-state index contributed by atoms with van der Waals surface area (Å²) in [5, 5.41) is 0.842. The number of carbonyl (C=O) groups excluding carboxylic acids is 2. The summed E-state index contributed by atoms with van der Waals surface area (Å²) in [7, 11) is 1.44. The van der Waals surface area contributed by atoms with Gasteiger partial charge in [0.1, 0.15) is 28.7 Å². The molecule has 1 aromatic carbocycles. The molecule has 0 aliphatic carbocycles. The molecule has 1 unspecified atom stereocenters. The third kappa shape index (κ3) is 3.26. The van der Waals surface area contributed by atoms with Crippen LogP contribution in [0.2, 0.25) is 10.0 Å². The van der Waals surface area contributed by atoms with Gasteiger partial charge < -0.3 is 19.3 Å². The molecule has 2 aromatic rings. The molecular formula is C18H18Cl2N2O5. The maximum Gasteiger partial charge on any atom is 0.411 e. The summed E-state index contributed by atoms with van der Waals surface area (Å²) in [4.78, 5) is 40.8. The lowest BCUT2D eigenvalue weighted by molar-refractivity contribution is -0.112. The molecule has 0 saturated carbocycles. The van der Waals surface area contributed by atoms with Gasteiger partial charge in [0.25, 0.3) is 5.56 Å². The highest BCUT2D eigenvalue weighted by Crippen LogP contribution is 2.42. The van der Waals surface area contributed by atoms with E-state index in [1.54, 1.807) is 26.8 Å². The highest BCUT2D eigenvalue weighted by molar-refractivity contribution is 6.46. The fourth-order valence-electron chi connectivity index (χ4n) is 3.12. The summed E-state index contributed by atoms with van der Waals surface area (Å²) in [6.45, 7) is 5.19. The second-order valence-corrected chi connectivity index (χ2v) is 7.92. The summed E-state index contributed by atoms with van der Waals surface area (Å²) in [5.41, 5.74) is -0.239. The smallest absolute Gasteiger partial charge is 0.411 e. The standard InChI is InChI=1S/C18H18Cl2N2O5/c1-18(2,3)27-17(25)22-6-9-8-5-11(26-4)13(19)14(20)15(8)21-16(24)12(9)10(22)7-23/h5,7,10H,6H2,1-4H3,(H,21,24). The van der Waals surface area contributed by atoms with Gasteiger partial charge in [0.15, 0.2) is 0 Å². The Hall–Kier alpha value is -2.25. The van der Waals surface area contributed by atoms with Gasteiger partial charge >= 0.3 is 6.09 Å². The van der Waals surface area contributed by atoms with Crippen LogP contribution in [0.3, 0.4) is 0 Å². The van der Waals surface area contributed by atoms with E-state index in [4.69, 9.17) is 32.7 Å². The first kappa shape index (κ1) is 19.5. The van der Waals surface area contributed by atoms with Gasteiger partial charge in [-0.05, 0) is 32.4 Å². The average Bonchev–Trinajstić information content (AvgIpc) is 2.98. The molecule has 0 radical (unpaired) electrons. The van der Waals surface area contributed by atoms with Crippen molar-refractivity contribution in [1.29, 1.82) is 0 Å². The normalized spacial score (nSPS) is 16.4. The highest BCUT2D eigenvalue weighted by Gasteiger charge is 2.39. The van der Waals surface area contributed by atoms with Crippen LogP contribution in [0.4, 0.5) is 4.79 Å². The van der Waals surface area contributed by atoms with Crippen molar-refractivity contribution in [2.45, 2.75) is 39.0 Å². The number of aldehydes is 1. The van der Waals surface area contributed by atoms with Crippen LogP contribution in [0.1, 0.15) is 37.9 Å². The largest absolute Gasteiger partial charge is 0.495 e. The quantitative estimate of drug-likeness (QED) is 0.756. The molecule has 9 heteroatoms. The van der Waals surface area contributed by atoms with Crippen LogP contribution >= 0.6 is 23.2 Å². The number of amides is 1. The molecule has 1 aliphatic rings. The van der Waals surface area contributed by atoms with E-state index >= 15 is 0 Å². The van der Waals surface area contributed by atoms with E-state index in [1.165, 1.54) is 12.0 Å². The number of hydrogen-bond acceptors (Lipinski definition) is 5. The highest BCUT2D eigenvalue weighted by atomic mass is 35.5. The molecule has 0 spiro atoms. The second kappa shape index (κ2) is 6.73. The van der Waals surface area contributed by atoms with Gasteiger partial charge in [-0.3, -0.25) is 9.69 Å². The lowest BCUT2D eigenvalue weighted by Crippen LogP contribution is -2.36. The summed E-state index contributed by atoms with van der Waals surface area (Å²) in [6, 6.07) is 0.571. The number of pyridine rings is 1. The van der Waals surface area contributed by atoms with Gasteiger partial charge in [-0.2, -0.15) is 0 Å². The van der Waals surface area contributed by atoms with Crippen molar-refractivity contribution >= 4 is 46.5 Å². The lowest BCUT2D eigenvalue weighted by atomic mass is 10.0. The Morgan fingerprint density at radius 2 is 2.00 bits per heavy atom. The van der Waals surface area contributed by atoms with Crippen LogP contribution in [0, 0.1) is 0 Å². The molecule has 7 nitrogen and oxygen atoms in total. The number of nitrogens with zero attached hydrogens (tertiary/aromatic N) is 1. The number of methoxy groups -OCH3 is 1. The van der Waals surface area contributed by atoms with Crippen molar-refractivity contribution in [3.8, 4) is 5.75 Å². The van der Waals surface area contributed by atoms with Crippen molar-refractivity contribution < 1.29 is 19.1 Å². The summed E-state index contributed by atoms with van der Waals surface area (Å²) >= 11 is 12.4. The number of H-pyrrole nitrogens is 1. The Kier molecular flexibility index (Phi) is 4.86. The molecule has 0 bridgehead atoms. The molecule has 1 aromatic heterocycles. The number of rotatable bonds is 2. The zero-order valence-electron chi connectivity index (χ0n) is 15.2. The first-order valence-corrected chi connectivity index (χ1v) is 8.90. The predicted molar refractivity (Wildman–Crippen MR) is 102 cm³/mol. The third-order valence-corrected chi connectivity index (χ3v) is 5.09. The Labute approximate surface area is 165 Å². The zero-order valence-corrected chi connectivity index (χ0v) is 16.7. The Balaban J connectivity index is 2.22. The fourth-order valence-corrected chi connectivity index (χ4v) is 3.59. The van der Waals surface area contributed by atoms with Crippen molar-refractivity contribution in [2.75, 3.05) is 7.11 Å². The van der Waals surface area contributed by atoms with Crippen LogP contribution in [-0.2, 0) is 16.1 Å². The number of halogens is 2. The van der Waals surface area contributed by atoms with Gasteiger partial charge in [-0.15, -0.1) is 0 Å². The monoisotopic (exact) mass is 412 g/mol. The van der Waals surface area contributed by atoms with E-state index in [-0.39, 0.29) is 22.2 Å². The van der Waals surface area contributed by atoms with Crippen molar-refractivity contribution in [3.63, 3.8) is 0 Å². The molecule has 0 fully saturated rings. The van der Waals surface area contributed by atoms with E-state index < -0.39 is 23.3 Å². The Morgan fingerprint density at radius 3 is 2.56 bits per heavy atom. The van der Waals surface area contributed by atoms with Crippen LogP contribution in [0.5, 0.6) is 5.75 Å². The summed E-state index contributed by atoms with van der Waals surface area (Å²) in [6.07, 6.45) is -0.138. The SMILES string of the molecule is COc1cc2c3c(c(=O)[nH]c2c(Cl)c1Cl)C(C=O)N(C(=O)OC(C)(C)C)C3. The molecule has 1 amide bonds. The number of benzene rings is 1. The fraction of sp³-hybridized carbons (Fsp3) is 0.389. The number of aromatic amines is 1. The van der Waals surface area contributed by atoms with Crippen LogP contribution in [0.25, 0.3) is 10.9 Å². The molecule has 1 aliphatic heterocycles. The van der Waals surface area contributed by atoms with Gasteiger partial charge in [0.2, 0.25) is 0 Å². The maximum absolute atomic E-state index is 12.6. The molecule has 0 saturated heterocycles. The van der Waals surface area contributed by atoms with E-state index in [9.17, 15) is 14.4 Å². The minimum absolute atomic E-state index is 0.0230. The number of fused-ring (bicyclic) bond motifs is 3. The minimum Gasteiger partial charge on any atom is -0.495 e. The summed E-state index contributed by atoms with van der Waals surface area (Å²) < 4.78 is 10.6. The predicted octanol–water partition coefficient (Wildman–Crippen LogP) is 3.83. The average molecular weight is 413 g/mol. The number of hydrogen-bond donors (Lipinski definition) is 1. The topological polar surface area (TPSA) is 88.7 Å². The van der Waals surface area contributed by atoms with Gasteiger partial charge in [-0.1, -0.05) is 23.2 Å². The molecule has 27 heavy (non-hydrogen) atoms. The van der Waals surface area contributed by atoms with Crippen LogP contribution in [-0.4, -0.2) is 35.0 Å². The minimum atomic E-state index is -1.05. The Bertz CT molecular complexity index is 1010. The number of nitrogens with one attached hydrogen (secondary N) is 1. The second-order valence-electron chi connectivity index (χ2n) is 7.16. The van der Waals surface area contributed by atoms with Crippen LogP contribution in [0.15, 0.2) is 10.9 Å². The van der Waals surface area contributed by atoms with Gasteiger partial charge in [0.05, 0.1) is 29.8 Å². The maximum atomic E-state index is 12.6. The van der Waals surface area contributed by atoms with Crippen molar-refractivity contribution in [2.24, 2.45) is 0 Å². The van der Waals surface area contributed by atoms with E-state index in [2.05, 4.69) is 4.98 Å². The summed E-state index contributed by atoms with van der Waals surface area (Å²) in [5.74, 6) is 0.321. The number of ether oxygens (including phenoxy) is 2. The van der Waals surface area contributed by atoms with Crippen LogP contribution < -0.4 is 10.3 Å². The van der Waals surface area contributed by atoms with E-state index in [0.717, 1.165) is 0 Å². The Morgan fingerprint density at radius 1 is 1.33 bits per heavy atom. The first-order valence-electron chi connectivity index (χ1n) is 8.14. The number of carbonyl (C=O) groups is 2.